The number of amides is 2. The number of nitrogens with zero attached hydrogens (tertiary/aromatic N) is 2. The Kier molecular flexibility index (Phi) is 4.90. The number of carbonyl (C=O) groups excluding carboxylic acids is 2. The maximum atomic E-state index is 12.7. The van der Waals surface area contributed by atoms with E-state index in [0.717, 1.165) is 10.9 Å². The third kappa shape index (κ3) is 3.68. The van der Waals surface area contributed by atoms with E-state index in [1.807, 2.05) is 18.2 Å². The minimum atomic E-state index is -0.866. The van der Waals surface area contributed by atoms with Gasteiger partial charge in [-0.1, -0.05) is 30.3 Å². The molecule has 0 fully saturated rings. The molecule has 0 saturated heterocycles. The number of hydrogen-bond donors (Lipinski definition) is 2. The SMILES string of the molecule is N#Cc1ccc(C[C@H](NC(=O)c2cccc3cccnc23)C(N)=O)cc1. The van der Waals surface area contributed by atoms with Gasteiger partial charge in [0.1, 0.15) is 6.04 Å². The topological polar surface area (TPSA) is 109 Å². The van der Waals surface area contributed by atoms with Crippen LogP contribution in [0.5, 0.6) is 0 Å². The Labute approximate surface area is 150 Å². The molecule has 0 aliphatic heterocycles. The van der Waals surface area contributed by atoms with Crippen LogP contribution in [-0.2, 0) is 11.2 Å². The summed E-state index contributed by atoms with van der Waals surface area (Å²) in [6.45, 7) is 0. The summed E-state index contributed by atoms with van der Waals surface area (Å²) in [6, 6.07) is 16.9. The van der Waals surface area contributed by atoms with Gasteiger partial charge < -0.3 is 11.1 Å². The van der Waals surface area contributed by atoms with Crippen molar-refractivity contribution in [2.75, 3.05) is 0 Å². The molecule has 128 valence electrons. The van der Waals surface area contributed by atoms with Gasteiger partial charge in [-0.15, -0.1) is 0 Å². The van der Waals surface area contributed by atoms with E-state index >= 15 is 0 Å². The average molecular weight is 344 g/mol. The molecule has 2 aromatic carbocycles. The van der Waals surface area contributed by atoms with Crippen molar-refractivity contribution in [3.05, 3.63) is 77.5 Å². The van der Waals surface area contributed by atoms with E-state index in [9.17, 15) is 9.59 Å². The van der Waals surface area contributed by atoms with Crippen LogP contribution in [0.2, 0.25) is 0 Å². The molecule has 0 saturated carbocycles. The van der Waals surface area contributed by atoms with Crippen LogP contribution in [0.1, 0.15) is 21.5 Å². The molecule has 0 radical (unpaired) electrons. The highest BCUT2D eigenvalue weighted by Gasteiger charge is 2.21. The van der Waals surface area contributed by atoms with Gasteiger partial charge in [0, 0.05) is 18.0 Å². The zero-order valence-electron chi connectivity index (χ0n) is 13.8. The van der Waals surface area contributed by atoms with Crippen LogP contribution in [0.3, 0.4) is 0 Å². The third-order valence-electron chi connectivity index (χ3n) is 4.05. The van der Waals surface area contributed by atoms with Crippen molar-refractivity contribution in [1.29, 1.82) is 5.26 Å². The lowest BCUT2D eigenvalue weighted by atomic mass is 10.0. The predicted octanol–water partition coefficient (Wildman–Crippen LogP) is 1.93. The number of nitrogens with one attached hydrogen (secondary N) is 1. The summed E-state index contributed by atoms with van der Waals surface area (Å²) in [4.78, 5) is 28.7. The highest BCUT2D eigenvalue weighted by atomic mass is 16.2. The second-order valence-electron chi connectivity index (χ2n) is 5.82. The Morgan fingerprint density at radius 1 is 1.12 bits per heavy atom. The standard InChI is InChI=1S/C20H16N4O2/c21-12-14-8-6-13(7-9-14)11-17(19(22)25)24-20(26)16-5-1-3-15-4-2-10-23-18(15)16/h1-10,17H,11H2,(H2,22,25)(H,24,26)/t17-/m0/s1. The van der Waals surface area contributed by atoms with Gasteiger partial charge in [-0.05, 0) is 29.8 Å². The third-order valence-corrected chi connectivity index (χ3v) is 4.05. The van der Waals surface area contributed by atoms with Crippen molar-refractivity contribution in [3.63, 3.8) is 0 Å². The van der Waals surface area contributed by atoms with Gasteiger partial charge >= 0.3 is 0 Å². The number of benzene rings is 2. The van der Waals surface area contributed by atoms with E-state index in [4.69, 9.17) is 11.0 Å². The molecule has 0 aliphatic carbocycles. The summed E-state index contributed by atoms with van der Waals surface area (Å²) in [7, 11) is 0. The summed E-state index contributed by atoms with van der Waals surface area (Å²) in [6.07, 6.45) is 1.85. The monoisotopic (exact) mass is 344 g/mol. The van der Waals surface area contributed by atoms with Crippen LogP contribution in [0.15, 0.2) is 60.8 Å². The first-order valence-electron chi connectivity index (χ1n) is 8.01. The van der Waals surface area contributed by atoms with Gasteiger partial charge in [-0.2, -0.15) is 5.26 Å². The Balaban J connectivity index is 1.82. The van der Waals surface area contributed by atoms with E-state index in [-0.39, 0.29) is 6.42 Å². The van der Waals surface area contributed by atoms with Gasteiger partial charge in [0.25, 0.3) is 5.91 Å². The number of nitriles is 1. The number of pyridine rings is 1. The Morgan fingerprint density at radius 3 is 2.54 bits per heavy atom. The fraction of sp³-hybridized carbons (Fsp3) is 0.100. The Morgan fingerprint density at radius 2 is 1.85 bits per heavy atom. The van der Waals surface area contributed by atoms with Gasteiger partial charge in [-0.25, -0.2) is 0 Å². The molecular weight excluding hydrogens is 328 g/mol. The summed E-state index contributed by atoms with van der Waals surface area (Å²) < 4.78 is 0. The van der Waals surface area contributed by atoms with E-state index in [0.29, 0.717) is 16.6 Å². The van der Waals surface area contributed by atoms with Crippen LogP contribution in [0.4, 0.5) is 0 Å². The van der Waals surface area contributed by atoms with E-state index in [1.54, 1.807) is 48.7 Å². The maximum Gasteiger partial charge on any atom is 0.254 e. The summed E-state index contributed by atoms with van der Waals surface area (Å²) in [5.74, 6) is -1.04. The number of primary amides is 1. The van der Waals surface area contributed by atoms with Crippen LogP contribution >= 0.6 is 0 Å². The molecule has 2 amide bonds. The van der Waals surface area contributed by atoms with Crippen molar-refractivity contribution in [3.8, 4) is 6.07 Å². The first-order valence-corrected chi connectivity index (χ1v) is 8.01. The fourth-order valence-corrected chi connectivity index (χ4v) is 2.70. The van der Waals surface area contributed by atoms with Crippen LogP contribution in [-0.4, -0.2) is 22.8 Å². The quantitative estimate of drug-likeness (QED) is 0.737. The molecule has 1 atom stereocenters. The molecule has 0 aliphatic rings. The molecule has 6 nitrogen and oxygen atoms in total. The molecule has 3 N–H and O–H groups in total. The number of nitrogens with two attached hydrogens (primary N) is 1. The molecule has 6 heteroatoms. The molecule has 0 bridgehead atoms. The average Bonchev–Trinajstić information content (AvgIpc) is 2.67. The van der Waals surface area contributed by atoms with Gasteiger partial charge in [0.15, 0.2) is 0 Å². The molecule has 0 spiro atoms. The lowest BCUT2D eigenvalue weighted by Crippen LogP contribution is -2.45. The Bertz CT molecular complexity index is 1000. The van der Waals surface area contributed by atoms with Crippen LogP contribution < -0.4 is 11.1 Å². The highest BCUT2D eigenvalue weighted by Crippen LogP contribution is 2.16. The summed E-state index contributed by atoms with van der Waals surface area (Å²) in [5.41, 5.74) is 7.72. The normalized spacial score (nSPS) is 11.5. The first-order chi connectivity index (χ1) is 12.6. The van der Waals surface area contributed by atoms with E-state index < -0.39 is 17.9 Å². The highest BCUT2D eigenvalue weighted by molar-refractivity contribution is 6.06. The minimum Gasteiger partial charge on any atom is -0.368 e. The van der Waals surface area contributed by atoms with Crippen molar-refractivity contribution in [2.45, 2.75) is 12.5 Å². The molecule has 3 rings (SSSR count). The van der Waals surface area contributed by atoms with Crippen molar-refractivity contribution < 1.29 is 9.59 Å². The zero-order chi connectivity index (χ0) is 18.5. The maximum absolute atomic E-state index is 12.7. The van der Waals surface area contributed by atoms with Gasteiger partial charge in [0.05, 0.1) is 22.7 Å². The number of rotatable bonds is 5. The molecule has 1 heterocycles. The summed E-state index contributed by atoms with van der Waals surface area (Å²) in [5, 5.41) is 12.4. The van der Waals surface area contributed by atoms with E-state index in [2.05, 4.69) is 10.3 Å². The number of hydrogen-bond acceptors (Lipinski definition) is 4. The van der Waals surface area contributed by atoms with Crippen LogP contribution in [0.25, 0.3) is 10.9 Å². The lowest BCUT2D eigenvalue weighted by Gasteiger charge is -2.16. The lowest BCUT2D eigenvalue weighted by molar-refractivity contribution is -0.119. The van der Waals surface area contributed by atoms with Crippen LogP contribution in [0, 0.1) is 11.3 Å². The largest absolute Gasteiger partial charge is 0.368 e. The van der Waals surface area contributed by atoms with Gasteiger partial charge in [0.2, 0.25) is 5.91 Å². The first kappa shape index (κ1) is 17.1. The van der Waals surface area contributed by atoms with Crippen molar-refractivity contribution in [2.24, 2.45) is 5.73 Å². The summed E-state index contributed by atoms with van der Waals surface area (Å²) >= 11 is 0. The molecule has 3 aromatic rings. The molecule has 0 unspecified atom stereocenters. The fourth-order valence-electron chi connectivity index (χ4n) is 2.70. The minimum absolute atomic E-state index is 0.241. The smallest absolute Gasteiger partial charge is 0.254 e. The Hall–Kier alpha value is -3.72. The molecular formula is C20H16N4O2. The number of carbonyl (C=O) groups is 2. The predicted molar refractivity (Wildman–Crippen MR) is 97.1 cm³/mol. The zero-order valence-corrected chi connectivity index (χ0v) is 13.8. The van der Waals surface area contributed by atoms with E-state index in [1.165, 1.54) is 0 Å². The van der Waals surface area contributed by atoms with Gasteiger partial charge in [-0.3, -0.25) is 14.6 Å². The second-order valence-corrected chi connectivity index (χ2v) is 5.82. The van der Waals surface area contributed by atoms with Crippen molar-refractivity contribution in [1.82, 2.24) is 10.3 Å². The second kappa shape index (κ2) is 7.45. The number of para-hydroxylation sites is 1. The number of fused-ring (bicyclic) bond motifs is 1. The van der Waals surface area contributed by atoms with Crippen molar-refractivity contribution >= 4 is 22.7 Å². The molecule has 26 heavy (non-hydrogen) atoms. The molecule has 1 aromatic heterocycles. The number of aromatic nitrogens is 1.